The maximum absolute atomic E-state index is 10.9. The minimum Gasteiger partial charge on any atom is -1.00 e. The highest BCUT2D eigenvalue weighted by atomic mass is 35.5. The average Bonchev–Trinajstić information content (AvgIpc) is 2.03. The molecule has 1 rings (SSSR count). The fourth-order valence-corrected chi connectivity index (χ4v) is 0.827. The van der Waals surface area contributed by atoms with Crippen LogP contribution in [0.1, 0.15) is 10.4 Å². The van der Waals surface area contributed by atoms with Gasteiger partial charge in [0.15, 0.2) is 12.4 Å². The van der Waals surface area contributed by atoms with E-state index in [2.05, 4.69) is 4.74 Å². The molecule has 0 unspecified atom stereocenters. The number of hydrogen-bond acceptors (Lipinski definition) is 2. The minimum absolute atomic E-state index is 0. The summed E-state index contributed by atoms with van der Waals surface area (Å²) >= 11 is 0. The van der Waals surface area contributed by atoms with E-state index in [1.165, 1.54) is 7.11 Å². The summed E-state index contributed by atoms with van der Waals surface area (Å²) in [7, 11) is 3.22. The van der Waals surface area contributed by atoms with Crippen molar-refractivity contribution in [2.75, 3.05) is 7.11 Å². The molecular formula is C8H10ClNO2. The molecule has 1 heterocycles. The Morgan fingerprint density at radius 2 is 2.25 bits per heavy atom. The number of pyridine rings is 1. The molecule has 0 aliphatic rings. The van der Waals surface area contributed by atoms with Crippen LogP contribution in [0.5, 0.6) is 0 Å². The van der Waals surface area contributed by atoms with Crippen LogP contribution in [-0.2, 0) is 11.8 Å². The zero-order valence-electron chi connectivity index (χ0n) is 6.95. The molecule has 0 aliphatic heterocycles. The molecule has 0 saturated heterocycles. The normalized spacial score (nSPS) is 8.50. The van der Waals surface area contributed by atoms with E-state index in [-0.39, 0.29) is 18.4 Å². The number of methoxy groups -OCH3 is 1. The molecule has 0 radical (unpaired) electrons. The van der Waals surface area contributed by atoms with Crippen LogP contribution < -0.4 is 17.0 Å². The summed E-state index contributed by atoms with van der Waals surface area (Å²) in [4.78, 5) is 10.9. The summed E-state index contributed by atoms with van der Waals surface area (Å²) in [5.74, 6) is -0.304. The van der Waals surface area contributed by atoms with Gasteiger partial charge in [0.25, 0.3) is 0 Å². The van der Waals surface area contributed by atoms with Crippen LogP contribution in [0.15, 0.2) is 24.5 Å². The Labute approximate surface area is 77.4 Å². The molecule has 4 heteroatoms. The molecule has 66 valence electrons. The van der Waals surface area contributed by atoms with Crippen LogP contribution in [-0.4, -0.2) is 13.1 Å². The largest absolute Gasteiger partial charge is 1.00 e. The van der Waals surface area contributed by atoms with Crippen LogP contribution in [0.3, 0.4) is 0 Å². The number of esters is 1. The number of halogens is 1. The van der Waals surface area contributed by atoms with Gasteiger partial charge < -0.3 is 17.1 Å². The summed E-state index contributed by atoms with van der Waals surface area (Å²) in [6.07, 6.45) is 3.57. The predicted molar refractivity (Wildman–Crippen MR) is 39.0 cm³/mol. The monoisotopic (exact) mass is 187 g/mol. The second-order valence-electron chi connectivity index (χ2n) is 2.25. The molecule has 0 atom stereocenters. The number of hydrogen-bond donors (Lipinski definition) is 0. The van der Waals surface area contributed by atoms with E-state index in [0.717, 1.165) is 0 Å². The number of nitrogens with zero attached hydrogens (tertiary/aromatic N) is 1. The van der Waals surface area contributed by atoms with Gasteiger partial charge in [-0.15, -0.1) is 0 Å². The Morgan fingerprint density at radius 1 is 1.58 bits per heavy atom. The first-order valence-electron chi connectivity index (χ1n) is 3.27. The van der Waals surface area contributed by atoms with Crippen molar-refractivity contribution in [3.8, 4) is 0 Å². The van der Waals surface area contributed by atoms with E-state index in [1.54, 1.807) is 22.9 Å². The average molecular weight is 188 g/mol. The predicted octanol–water partition coefficient (Wildman–Crippen LogP) is -2.70. The molecule has 0 amide bonds. The first-order valence-corrected chi connectivity index (χ1v) is 3.27. The summed E-state index contributed by atoms with van der Waals surface area (Å²) < 4.78 is 6.34. The Hall–Kier alpha value is -1.09. The lowest BCUT2D eigenvalue weighted by Gasteiger charge is -1.94. The van der Waals surface area contributed by atoms with Gasteiger partial charge in [-0.2, -0.15) is 0 Å². The molecule has 12 heavy (non-hydrogen) atoms. The lowest BCUT2D eigenvalue weighted by Crippen LogP contribution is -3.00. The van der Waals surface area contributed by atoms with Crippen molar-refractivity contribution in [1.29, 1.82) is 0 Å². The lowest BCUT2D eigenvalue weighted by molar-refractivity contribution is -0.671. The fourth-order valence-electron chi connectivity index (χ4n) is 0.827. The zero-order chi connectivity index (χ0) is 8.27. The highest BCUT2D eigenvalue weighted by molar-refractivity contribution is 5.88. The van der Waals surface area contributed by atoms with Crippen molar-refractivity contribution in [2.45, 2.75) is 0 Å². The number of aryl methyl sites for hydroxylation is 1. The van der Waals surface area contributed by atoms with E-state index in [0.29, 0.717) is 5.56 Å². The van der Waals surface area contributed by atoms with E-state index in [4.69, 9.17) is 0 Å². The third kappa shape index (κ3) is 2.51. The van der Waals surface area contributed by atoms with Gasteiger partial charge in [-0.25, -0.2) is 9.36 Å². The van der Waals surface area contributed by atoms with Crippen LogP contribution >= 0.6 is 0 Å². The van der Waals surface area contributed by atoms with Crippen LogP contribution in [0.4, 0.5) is 0 Å². The summed E-state index contributed by atoms with van der Waals surface area (Å²) in [6, 6.07) is 3.51. The fraction of sp³-hybridized carbons (Fsp3) is 0.250. The van der Waals surface area contributed by atoms with E-state index in [9.17, 15) is 4.79 Å². The minimum atomic E-state index is -0.304. The molecular weight excluding hydrogens is 178 g/mol. The molecule has 1 aromatic rings. The summed E-state index contributed by atoms with van der Waals surface area (Å²) in [6.45, 7) is 0. The van der Waals surface area contributed by atoms with Gasteiger partial charge in [0.1, 0.15) is 12.6 Å². The zero-order valence-corrected chi connectivity index (χ0v) is 7.71. The quantitative estimate of drug-likeness (QED) is 0.354. The number of carbonyl (C=O) groups excluding carboxylic acids is 1. The van der Waals surface area contributed by atoms with Gasteiger partial charge in [-0.3, -0.25) is 0 Å². The Morgan fingerprint density at radius 3 is 2.75 bits per heavy atom. The van der Waals surface area contributed by atoms with Crippen LogP contribution in [0.2, 0.25) is 0 Å². The third-order valence-corrected chi connectivity index (χ3v) is 1.36. The van der Waals surface area contributed by atoms with Gasteiger partial charge in [0.2, 0.25) is 0 Å². The Kier molecular flexibility index (Phi) is 4.29. The van der Waals surface area contributed by atoms with Crippen molar-refractivity contribution < 1.29 is 26.5 Å². The number of rotatable bonds is 1. The van der Waals surface area contributed by atoms with Gasteiger partial charge >= 0.3 is 5.97 Å². The van der Waals surface area contributed by atoms with Crippen molar-refractivity contribution in [3.63, 3.8) is 0 Å². The van der Waals surface area contributed by atoms with E-state index >= 15 is 0 Å². The molecule has 0 N–H and O–H groups in total. The molecule has 0 spiro atoms. The highest BCUT2D eigenvalue weighted by Gasteiger charge is 2.07. The molecule has 0 bridgehead atoms. The summed E-state index contributed by atoms with van der Waals surface area (Å²) in [5.41, 5.74) is 0.567. The second kappa shape index (κ2) is 4.72. The maximum atomic E-state index is 10.9. The Balaban J connectivity index is 0.00000121. The van der Waals surface area contributed by atoms with Gasteiger partial charge in [0.05, 0.1) is 7.11 Å². The van der Waals surface area contributed by atoms with Gasteiger partial charge in [0, 0.05) is 6.07 Å². The number of aromatic nitrogens is 1. The third-order valence-electron chi connectivity index (χ3n) is 1.36. The van der Waals surface area contributed by atoms with Crippen molar-refractivity contribution in [1.82, 2.24) is 0 Å². The van der Waals surface area contributed by atoms with Gasteiger partial charge in [-0.05, 0) is 6.07 Å². The van der Waals surface area contributed by atoms with Gasteiger partial charge in [-0.1, -0.05) is 0 Å². The van der Waals surface area contributed by atoms with E-state index < -0.39 is 0 Å². The number of carbonyl (C=O) groups is 1. The molecule has 1 aromatic heterocycles. The first kappa shape index (κ1) is 10.9. The SMILES string of the molecule is COC(=O)c1ccc[n+](C)c1.[Cl-]. The smallest absolute Gasteiger partial charge is 0.343 e. The lowest BCUT2D eigenvalue weighted by atomic mass is 10.3. The maximum Gasteiger partial charge on any atom is 0.343 e. The second-order valence-corrected chi connectivity index (χ2v) is 2.25. The highest BCUT2D eigenvalue weighted by Crippen LogP contribution is 1.95. The first-order chi connectivity index (χ1) is 5.24. The topological polar surface area (TPSA) is 30.2 Å². The molecule has 0 saturated carbocycles. The standard InChI is InChI=1S/C8H10NO2.ClH/c1-9-5-3-4-7(6-9)8(10)11-2;/h3-6H,1-2H3;1H/q+1;/p-1. The van der Waals surface area contributed by atoms with Crippen molar-refractivity contribution in [2.24, 2.45) is 7.05 Å². The van der Waals surface area contributed by atoms with E-state index in [1.807, 2.05) is 13.2 Å². The van der Waals surface area contributed by atoms with Crippen molar-refractivity contribution in [3.05, 3.63) is 30.1 Å². The molecule has 3 nitrogen and oxygen atoms in total. The van der Waals surface area contributed by atoms with Crippen molar-refractivity contribution >= 4 is 5.97 Å². The molecule has 0 aliphatic carbocycles. The number of ether oxygens (including phenoxy) is 1. The molecule has 0 fully saturated rings. The van der Waals surface area contributed by atoms with Crippen LogP contribution in [0, 0.1) is 0 Å². The molecule has 0 aromatic carbocycles. The van der Waals surface area contributed by atoms with Crippen LogP contribution in [0.25, 0.3) is 0 Å². The Bertz CT molecular complexity index is 276. The summed E-state index contributed by atoms with van der Waals surface area (Å²) in [5, 5.41) is 0.